The van der Waals surface area contributed by atoms with Crippen molar-refractivity contribution in [1.29, 1.82) is 5.41 Å². The standard InChI is InChI=1S/C5H7NO/c6-5-2-1-4(5)3-7/h3-4,6H,1-2H2. The first-order chi connectivity index (χ1) is 3.34. The van der Waals surface area contributed by atoms with E-state index in [1.54, 1.807) is 0 Å². The summed E-state index contributed by atoms with van der Waals surface area (Å²) < 4.78 is 0. The van der Waals surface area contributed by atoms with Crippen molar-refractivity contribution in [2.45, 2.75) is 12.8 Å². The van der Waals surface area contributed by atoms with Crippen molar-refractivity contribution < 1.29 is 4.79 Å². The molecule has 2 nitrogen and oxygen atoms in total. The van der Waals surface area contributed by atoms with Gasteiger partial charge in [0.2, 0.25) is 0 Å². The van der Waals surface area contributed by atoms with E-state index in [9.17, 15) is 4.79 Å². The van der Waals surface area contributed by atoms with E-state index in [1.807, 2.05) is 0 Å². The van der Waals surface area contributed by atoms with Crippen molar-refractivity contribution in [1.82, 2.24) is 0 Å². The van der Waals surface area contributed by atoms with E-state index >= 15 is 0 Å². The lowest BCUT2D eigenvalue weighted by Crippen LogP contribution is -2.25. The van der Waals surface area contributed by atoms with Gasteiger partial charge in [0.05, 0.1) is 5.92 Å². The minimum Gasteiger partial charge on any atom is -0.309 e. The number of carbonyl (C=O) groups is 1. The van der Waals surface area contributed by atoms with E-state index in [0.29, 0.717) is 5.71 Å². The topological polar surface area (TPSA) is 40.9 Å². The predicted molar refractivity (Wildman–Crippen MR) is 26.5 cm³/mol. The molecule has 1 unspecified atom stereocenters. The average molecular weight is 97.1 g/mol. The molecule has 2 heteroatoms. The molecule has 1 fully saturated rings. The van der Waals surface area contributed by atoms with Crippen LogP contribution in [0.3, 0.4) is 0 Å². The lowest BCUT2D eigenvalue weighted by atomic mass is 9.84. The number of rotatable bonds is 1. The maximum Gasteiger partial charge on any atom is 0.128 e. The molecule has 38 valence electrons. The molecule has 7 heavy (non-hydrogen) atoms. The van der Waals surface area contributed by atoms with Gasteiger partial charge in [-0.25, -0.2) is 0 Å². The second-order valence-electron chi connectivity index (χ2n) is 1.81. The third kappa shape index (κ3) is 0.557. The third-order valence-corrected chi connectivity index (χ3v) is 1.34. The highest BCUT2D eigenvalue weighted by molar-refractivity contribution is 5.99. The van der Waals surface area contributed by atoms with Crippen LogP contribution in [0.4, 0.5) is 0 Å². The Morgan fingerprint density at radius 3 is 2.57 bits per heavy atom. The van der Waals surface area contributed by atoms with Crippen LogP contribution in [-0.4, -0.2) is 12.0 Å². The minimum absolute atomic E-state index is 0.0139. The molecule has 0 saturated heterocycles. The van der Waals surface area contributed by atoms with Gasteiger partial charge in [-0.2, -0.15) is 0 Å². The summed E-state index contributed by atoms with van der Waals surface area (Å²) in [4.78, 5) is 9.86. The van der Waals surface area contributed by atoms with E-state index in [4.69, 9.17) is 5.41 Å². The second kappa shape index (κ2) is 1.45. The molecule has 0 aromatic rings. The Bertz CT molecular complexity index is 109. The molecule has 0 aromatic heterocycles. The Labute approximate surface area is 42.0 Å². The summed E-state index contributed by atoms with van der Waals surface area (Å²) in [5.74, 6) is -0.0139. The van der Waals surface area contributed by atoms with Crippen LogP contribution in [0.15, 0.2) is 0 Å². The van der Waals surface area contributed by atoms with E-state index in [0.717, 1.165) is 19.1 Å². The molecular formula is C5H7NO. The SMILES string of the molecule is N=C1CCC1C=O. The predicted octanol–water partition coefficient (Wildman–Crippen LogP) is 0.615. The second-order valence-corrected chi connectivity index (χ2v) is 1.81. The quantitative estimate of drug-likeness (QED) is 0.478. The van der Waals surface area contributed by atoms with Gasteiger partial charge < -0.3 is 10.2 Å². The van der Waals surface area contributed by atoms with Crippen LogP contribution < -0.4 is 0 Å². The van der Waals surface area contributed by atoms with Crippen LogP contribution in [0.5, 0.6) is 0 Å². The summed E-state index contributed by atoms with van der Waals surface area (Å²) in [6.07, 6.45) is 2.59. The van der Waals surface area contributed by atoms with Gasteiger partial charge in [0.15, 0.2) is 0 Å². The van der Waals surface area contributed by atoms with Crippen molar-refractivity contribution in [2.24, 2.45) is 5.92 Å². The number of carbonyl (C=O) groups excluding carboxylic acids is 1. The first-order valence-electron chi connectivity index (χ1n) is 2.37. The molecule has 0 aromatic carbocycles. The fourth-order valence-electron chi connectivity index (χ4n) is 0.606. The largest absolute Gasteiger partial charge is 0.309 e. The van der Waals surface area contributed by atoms with Crippen LogP contribution in [0.2, 0.25) is 0 Å². The molecule has 1 atom stereocenters. The number of hydrogen-bond acceptors (Lipinski definition) is 2. The van der Waals surface area contributed by atoms with Crippen molar-refractivity contribution in [3.05, 3.63) is 0 Å². The first-order valence-corrected chi connectivity index (χ1v) is 2.37. The van der Waals surface area contributed by atoms with E-state index < -0.39 is 0 Å². The Kier molecular flexibility index (Phi) is 0.929. The summed E-state index contributed by atoms with van der Waals surface area (Å²) >= 11 is 0. The van der Waals surface area contributed by atoms with Crippen LogP contribution in [-0.2, 0) is 4.79 Å². The molecule has 0 radical (unpaired) electrons. The van der Waals surface area contributed by atoms with Crippen molar-refractivity contribution in [2.75, 3.05) is 0 Å². The molecule has 0 spiro atoms. The van der Waals surface area contributed by atoms with Gasteiger partial charge in [0, 0.05) is 5.71 Å². The smallest absolute Gasteiger partial charge is 0.128 e. The Hall–Kier alpha value is -0.660. The van der Waals surface area contributed by atoms with Gasteiger partial charge in [-0.15, -0.1) is 0 Å². The summed E-state index contributed by atoms with van der Waals surface area (Å²) in [5, 5.41) is 6.96. The van der Waals surface area contributed by atoms with Gasteiger partial charge >= 0.3 is 0 Å². The van der Waals surface area contributed by atoms with E-state index in [-0.39, 0.29) is 5.92 Å². The number of nitrogens with one attached hydrogen (secondary N) is 1. The van der Waals surface area contributed by atoms with Crippen LogP contribution in [0.1, 0.15) is 12.8 Å². The monoisotopic (exact) mass is 97.1 g/mol. The zero-order valence-corrected chi connectivity index (χ0v) is 3.98. The summed E-state index contributed by atoms with van der Waals surface area (Å²) in [5.41, 5.74) is 0.606. The molecule has 1 rings (SSSR count). The highest BCUT2D eigenvalue weighted by atomic mass is 16.1. The van der Waals surface area contributed by atoms with Gasteiger partial charge in [-0.1, -0.05) is 0 Å². The Morgan fingerprint density at radius 1 is 1.86 bits per heavy atom. The normalized spacial score (nSPS) is 29.1. The molecule has 1 aliphatic carbocycles. The zero-order chi connectivity index (χ0) is 5.28. The fraction of sp³-hybridized carbons (Fsp3) is 0.600. The van der Waals surface area contributed by atoms with Crippen LogP contribution >= 0.6 is 0 Å². The summed E-state index contributed by atoms with van der Waals surface area (Å²) in [6.45, 7) is 0. The first kappa shape index (κ1) is 4.50. The van der Waals surface area contributed by atoms with Gasteiger partial charge in [0.25, 0.3) is 0 Å². The lowest BCUT2D eigenvalue weighted by Gasteiger charge is -2.19. The lowest BCUT2D eigenvalue weighted by molar-refractivity contribution is -0.110. The fourth-order valence-corrected chi connectivity index (χ4v) is 0.606. The molecule has 1 saturated carbocycles. The molecule has 0 bridgehead atoms. The molecule has 0 aliphatic heterocycles. The van der Waals surface area contributed by atoms with E-state index in [2.05, 4.69) is 0 Å². The number of aldehydes is 1. The summed E-state index contributed by atoms with van der Waals surface area (Å²) in [7, 11) is 0. The minimum atomic E-state index is -0.0139. The van der Waals surface area contributed by atoms with Gasteiger partial charge in [-0.05, 0) is 12.8 Å². The zero-order valence-electron chi connectivity index (χ0n) is 3.98. The molecule has 0 heterocycles. The van der Waals surface area contributed by atoms with Gasteiger partial charge in [0.1, 0.15) is 6.29 Å². The highest BCUT2D eigenvalue weighted by Gasteiger charge is 2.22. The maximum absolute atomic E-state index is 9.86. The van der Waals surface area contributed by atoms with Crippen molar-refractivity contribution >= 4 is 12.0 Å². The van der Waals surface area contributed by atoms with E-state index in [1.165, 1.54) is 0 Å². The Balaban J connectivity index is 2.43. The Morgan fingerprint density at radius 2 is 2.57 bits per heavy atom. The maximum atomic E-state index is 9.86. The molecule has 1 aliphatic rings. The molecule has 0 amide bonds. The third-order valence-electron chi connectivity index (χ3n) is 1.34. The molecular weight excluding hydrogens is 90.1 g/mol. The summed E-state index contributed by atoms with van der Waals surface area (Å²) in [6, 6.07) is 0. The molecule has 1 N–H and O–H groups in total. The van der Waals surface area contributed by atoms with Gasteiger partial charge in [-0.3, -0.25) is 0 Å². The van der Waals surface area contributed by atoms with Crippen molar-refractivity contribution in [3.63, 3.8) is 0 Å². The van der Waals surface area contributed by atoms with Crippen LogP contribution in [0.25, 0.3) is 0 Å². The van der Waals surface area contributed by atoms with Crippen molar-refractivity contribution in [3.8, 4) is 0 Å². The number of hydrogen-bond donors (Lipinski definition) is 1. The average Bonchev–Trinajstić information content (AvgIpc) is 1.65. The van der Waals surface area contributed by atoms with Crippen LogP contribution in [0, 0.1) is 11.3 Å². The highest BCUT2D eigenvalue weighted by Crippen LogP contribution is 2.19.